The summed E-state index contributed by atoms with van der Waals surface area (Å²) in [7, 11) is 0. The lowest BCUT2D eigenvalue weighted by Crippen LogP contribution is -2.44. The molecule has 2 heterocycles. The molecule has 19 heavy (non-hydrogen) atoms. The van der Waals surface area contributed by atoms with Gasteiger partial charge in [0.1, 0.15) is 11.8 Å². The maximum atomic E-state index is 12.0. The number of likely N-dealkylation sites (tertiary alicyclic amines) is 1. The first-order valence-electron chi connectivity index (χ1n) is 6.76. The lowest BCUT2D eigenvalue weighted by Gasteiger charge is -2.31. The highest BCUT2D eigenvalue weighted by atomic mass is 16.2. The number of nitrogens with zero attached hydrogens (tertiary/aromatic N) is 2. The zero-order chi connectivity index (χ0) is 14.0. The predicted molar refractivity (Wildman–Crippen MR) is 69.6 cm³/mol. The Bertz CT molecular complexity index is 395. The summed E-state index contributed by atoms with van der Waals surface area (Å²) >= 11 is 0. The van der Waals surface area contributed by atoms with Gasteiger partial charge in [0.05, 0.1) is 0 Å². The number of piperidine rings is 1. The number of imide groups is 1. The van der Waals surface area contributed by atoms with Crippen LogP contribution in [0.1, 0.15) is 26.7 Å². The summed E-state index contributed by atoms with van der Waals surface area (Å²) in [4.78, 5) is 37.9. The van der Waals surface area contributed by atoms with E-state index < -0.39 is 5.54 Å². The van der Waals surface area contributed by atoms with E-state index in [0.717, 1.165) is 32.2 Å². The van der Waals surface area contributed by atoms with Gasteiger partial charge >= 0.3 is 6.03 Å². The summed E-state index contributed by atoms with van der Waals surface area (Å²) in [5, 5.41) is 2.66. The first-order valence-corrected chi connectivity index (χ1v) is 6.76. The summed E-state index contributed by atoms with van der Waals surface area (Å²) < 4.78 is 0. The molecule has 2 aliphatic rings. The van der Waals surface area contributed by atoms with Gasteiger partial charge in [-0.1, -0.05) is 0 Å². The normalized spacial score (nSPS) is 27.5. The van der Waals surface area contributed by atoms with Gasteiger partial charge < -0.3 is 15.0 Å². The molecule has 0 saturated carbocycles. The van der Waals surface area contributed by atoms with Gasteiger partial charge in [-0.05, 0) is 33.2 Å². The third-order valence-electron chi connectivity index (χ3n) is 3.82. The molecule has 6 heteroatoms. The molecule has 0 aromatic heterocycles. The molecule has 6 nitrogen and oxygen atoms in total. The molecule has 2 fully saturated rings. The molecule has 2 rings (SSSR count). The van der Waals surface area contributed by atoms with Crippen LogP contribution in [0.15, 0.2) is 0 Å². The standard InChI is InChI=1S/C13H21N3O3/c1-13(2)11(18)16(12(19)14-13)7-6-15-5-3-4-10(8-15)9-17/h9-10H,3-8H2,1-2H3,(H,14,19). The van der Waals surface area contributed by atoms with Crippen LogP contribution in [0.3, 0.4) is 0 Å². The Morgan fingerprint density at radius 3 is 2.68 bits per heavy atom. The Labute approximate surface area is 113 Å². The number of aldehydes is 1. The minimum Gasteiger partial charge on any atom is -0.324 e. The molecule has 0 bridgehead atoms. The van der Waals surface area contributed by atoms with Crippen molar-refractivity contribution in [2.24, 2.45) is 5.92 Å². The Hall–Kier alpha value is -1.43. The number of amides is 3. The highest BCUT2D eigenvalue weighted by Gasteiger charge is 2.44. The lowest BCUT2D eigenvalue weighted by molar-refractivity contribution is -0.130. The van der Waals surface area contributed by atoms with E-state index in [1.807, 2.05) is 0 Å². The van der Waals surface area contributed by atoms with Crippen LogP contribution in [-0.2, 0) is 9.59 Å². The molecule has 1 atom stereocenters. The summed E-state index contributed by atoms with van der Waals surface area (Å²) in [6, 6.07) is -0.320. The topological polar surface area (TPSA) is 69.7 Å². The monoisotopic (exact) mass is 267 g/mol. The van der Waals surface area contributed by atoms with Crippen LogP contribution in [0.4, 0.5) is 4.79 Å². The summed E-state index contributed by atoms with van der Waals surface area (Å²) in [6.45, 7) is 6.10. The molecule has 0 aromatic rings. The molecule has 3 amide bonds. The van der Waals surface area contributed by atoms with E-state index in [-0.39, 0.29) is 17.9 Å². The van der Waals surface area contributed by atoms with E-state index >= 15 is 0 Å². The van der Waals surface area contributed by atoms with E-state index in [1.54, 1.807) is 13.8 Å². The fourth-order valence-electron chi connectivity index (χ4n) is 2.67. The van der Waals surface area contributed by atoms with E-state index in [1.165, 1.54) is 4.90 Å². The largest absolute Gasteiger partial charge is 0.325 e. The molecule has 0 radical (unpaired) electrons. The van der Waals surface area contributed by atoms with Gasteiger partial charge in [0.2, 0.25) is 0 Å². The summed E-state index contributed by atoms with van der Waals surface area (Å²) in [6.07, 6.45) is 2.94. The number of hydrogen-bond donors (Lipinski definition) is 1. The third kappa shape index (κ3) is 2.94. The van der Waals surface area contributed by atoms with E-state index in [2.05, 4.69) is 10.2 Å². The van der Waals surface area contributed by atoms with Crippen LogP contribution < -0.4 is 5.32 Å². The predicted octanol–water partition coefficient (Wildman–Crippen LogP) is 0.228. The second kappa shape index (κ2) is 5.28. The number of carbonyl (C=O) groups is 3. The molecule has 2 aliphatic heterocycles. The molecule has 2 saturated heterocycles. The van der Waals surface area contributed by atoms with Crippen molar-refractivity contribution in [3.8, 4) is 0 Å². The van der Waals surface area contributed by atoms with Crippen molar-refractivity contribution >= 4 is 18.2 Å². The highest BCUT2D eigenvalue weighted by molar-refractivity contribution is 6.06. The zero-order valence-electron chi connectivity index (χ0n) is 11.5. The Morgan fingerprint density at radius 1 is 1.37 bits per heavy atom. The van der Waals surface area contributed by atoms with Crippen LogP contribution >= 0.6 is 0 Å². The number of urea groups is 1. The van der Waals surface area contributed by atoms with Crippen molar-refractivity contribution in [3.63, 3.8) is 0 Å². The first-order chi connectivity index (χ1) is 8.94. The van der Waals surface area contributed by atoms with Crippen molar-refractivity contribution in [1.82, 2.24) is 15.1 Å². The number of hydrogen-bond acceptors (Lipinski definition) is 4. The molecule has 0 aliphatic carbocycles. The molecule has 1 N–H and O–H groups in total. The molecular weight excluding hydrogens is 246 g/mol. The van der Waals surface area contributed by atoms with Crippen LogP contribution in [0.5, 0.6) is 0 Å². The van der Waals surface area contributed by atoms with Gasteiger partial charge in [-0.15, -0.1) is 0 Å². The summed E-state index contributed by atoms with van der Waals surface area (Å²) in [5.41, 5.74) is -0.801. The average molecular weight is 267 g/mol. The van der Waals surface area contributed by atoms with Crippen LogP contribution in [0.2, 0.25) is 0 Å². The van der Waals surface area contributed by atoms with Crippen LogP contribution in [0.25, 0.3) is 0 Å². The van der Waals surface area contributed by atoms with E-state index in [4.69, 9.17) is 0 Å². The fraction of sp³-hybridized carbons (Fsp3) is 0.769. The minimum atomic E-state index is -0.801. The average Bonchev–Trinajstić information content (AvgIpc) is 2.57. The molecule has 106 valence electrons. The Morgan fingerprint density at radius 2 is 2.11 bits per heavy atom. The lowest BCUT2D eigenvalue weighted by atomic mass is 10.00. The van der Waals surface area contributed by atoms with Gasteiger partial charge in [-0.3, -0.25) is 9.69 Å². The van der Waals surface area contributed by atoms with Crippen LogP contribution in [0, 0.1) is 5.92 Å². The summed E-state index contributed by atoms with van der Waals surface area (Å²) in [5.74, 6) is -0.0882. The first kappa shape index (κ1) is 14.0. The van der Waals surface area contributed by atoms with Gasteiger partial charge in [-0.2, -0.15) is 0 Å². The number of rotatable bonds is 4. The van der Waals surface area contributed by atoms with Crippen molar-refractivity contribution in [2.75, 3.05) is 26.2 Å². The van der Waals surface area contributed by atoms with Crippen LogP contribution in [-0.4, -0.2) is 59.7 Å². The van der Waals surface area contributed by atoms with Crippen molar-refractivity contribution in [1.29, 1.82) is 0 Å². The fourth-order valence-corrected chi connectivity index (χ4v) is 2.67. The smallest absolute Gasteiger partial charge is 0.324 e. The SMILES string of the molecule is CC1(C)NC(=O)N(CCN2CCCC(C=O)C2)C1=O. The van der Waals surface area contributed by atoms with Crippen molar-refractivity contribution < 1.29 is 14.4 Å². The quantitative estimate of drug-likeness (QED) is 0.584. The molecular formula is C13H21N3O3. The van der Waals surface area contributed by atoms with E-state index in [9.17, 15) is 14.4 Å². The Kier molecular flexibility index (Phi) is 3.89. The van der Waals surface area contributed by atoms with Gasteiger partial charge in [-0.25, -0.2) is 4.79 Å². The second-order valence-corrected chi connectivity index (χ2v) is 5.85. The van der Waals surface area contributed by atoms with Gasteiger partial charge in [0.25, 0.3) is 5.91 Å². The van der Waals surface area contributed by atoms with Crippen molar-refractivity contribution in [2.45, 2.75) is 32.2 Å². The van der Waals surface area contributed by atoms with Crippen molar-refractivity contribution in [3.05, 3.63) is 0 Å². The highest BCUT2D eigenvalue weighted by Crippen LogP contribution is 2.18. The molecule has 1 unspecified atom stereocenters. The van der Waals surface area contributed by atoms with Gasteiger partial charge in [0, 0.05) is 25.6 Å². The second-order valence-electron chi connectivity index (χ2n) is 5.85. The third-order valence-corrected chi connectivity index (χ3v) is 3.82. The molecule has 0 aromatic carbocycles. The molecule has 0 spiro atoms. The zero-order valence-corrected chi connectivity index (χ0v) is 11.5. The van der Waals surface area contributed by atoms with E-state index in [0.29, 0.717) is 13.1 Å². The maximum absolute atomic E-state index is 12.0. The Balaban J connectivity index is 1.87. The number of nitrogens with one attached hydrogen (secondary N) is 1. The number of carbonyl (C=O) groups excluding carboxylic acids is 3. The maximum Gasteiger partial charge on any atom is 0.325 e. The minimum absolute atomic E-state index is 0.0910. The van der Waals surface area contributed by atoms with Gasteiger partial charge in [0.15, 0.2) is 0 Å².